The van der Waals surface area contributed by atoms with Gasteiger partial charge in [-0.1, -0.05) is 37.3 Å². The van der Waals surface area contributed by atoms with Gasteiger partial charge in [-0.2, -0.15) is 5.26 Å². The van der Waals surface area contributed by atoms with Crippen LogP contribution < -0.4 is 4.74 Å². The molecule has 4 aromatic rings. The molecule has 0 spiro atoms. The van der Waals surface area contributed by atoms with E-state index in [0.717, 1.165) is 38.3 Å². The molecule has 5 nitrogen and oxygen atoms in total. The van der Waals surface area contributed by atoms with Crippen molar-refractivity contribution in [2.24, 2.45) is 0 Å². The highest BCUT2D eigenvalue weighted by Crippen LogP contribution is 2.37. The highest BCUT2D eigenvalue weighted by molar-refractivity contribution is 7.18. The lowest BCUT2D eigenvalue weighted by Crippen LogP contribution is -2.00. The maximum absolute atomic E-state index is 11.0. The van der Waals surface area contributed by atoms with Crippen molar-refractivity contribution in [1.29, 1.82) is 5.26 Å². The molecule has 0 bridgehead atoms. The van der Waals surface area contributed by atoms with E-state index in [-0.39, 0.29) is 0 Å². The van der Waals surface area contributed by atoms with Gasteiger partial charge in [-0.05, 0) is 30.7 Å². The predicted molar refractivity (Wildman–Crippen MR) is 114 cm³/mol. The monoisotopic (exact) mass is 401 g/mol. The Bertz CT molecular complexity index is 1230. The molecule has 0 aliphatic rings. The average molecular weight is 401 g/mol. The lowest BCUT2D eigenvalue weighted by Gasteiger charge is -2.12. The molecule has 0 amide bonds. The Balaban J connectivity index is 1.82. The van der Waals surface area contributed by atoms with E-state index in [2.05, 4.69) is 6.07 Å². The molecule has 4 rings (SSSR count). The summed E-state index contributed by atoms with van der Waals surface area (Å²) in [6.07, 6.45) is -0.0642. The Morgan fingerprint density at radius 1 is 1.14 bits per heavy atom. The van der Waals surface area contributed by atoms with Crippen LogP contribution in [0.3, 0.4) is 0 Å². The third kappa shape index (κ3) is 3.58. The van der Waals surface area contributed by atoms with Gasteiger partial charge in [-0.25, -0.2) is 9.97 Å². The Kier molecular flexibility index (Phi) is 5.26. The van der Waals surface area contributed by atoms with Gasteiger partial charge < -0.3 is 9.84 Å². The SMILES string of the molecule is CCc1nc(-c2cccc(C#N)c2)nc2sc(C(O)c3ccccc3OC)cc12. The van der Waals surface area contributed by atoms with Crippen molar-refractivity contribution in [2.45, 2.75) is 19.4 Å². The van der Waals surface area contributed by atoms with Crippen LogP contribution in [-0.4, -0.2) is 22.2 Å². The first-order chi connectivity index (χ1) is 14.1. The van der Waals surface area contributed by atoms with Gasteiger partial charge >= 0.3 is 0 Å². The highest BCUT2D eigenvalue weighted by atomic mass is 32.1. The Morgan fingerprint density at radius 3 is 2.72 bits per heavy atom. The number of aromatic nitrogens is 2. The molecule has 0 saturated heterocycles. The number of para-hydroxylation sites is 1. The van der Waals surface area contributed by atoms with E-state index in [9.17, 15) is 10.4 Å². The minimum absolute atomic E-state index is 0.572. The topological polar surface area (TPSA) is 79.0 Å². The van der Waals surface area contributed by atoms with Crippen LogP contribution in [0.4, 0.5) is 0 Å². The van der Waals surface area contributed by atoms with E-state index in [1.165, 1.54) is 11.3 Å². The Labute approximate surface area is 172 Å². The first-order valence-electron chi connectivity index (χ1n) is 9.26. The highest BCUT2D eigenvalue weighted by Gasteiger charge is 2.20. The van der Waals surface area contributed by atoms with Gasteiger partial charge in [0.2, 0.25) is 0 Å². The van der Waals surface area contributed by atoms with Crippen LogP contribution >= 0.6 is 11.3 Å². The average Bonchev–Trinajstić information content (AvgIpc) is 3.22. The van der Waals surface area contributed by atoms with Gasteiger partial charge in [-0.3, -0.25) is 0 Å². The third-order valence-electron chi connectivity index (χ3n) is 4.78. The number of aryl methyl sites for hydroxylation is 1. The number of nitriles is 1. The summed E-state index contributed by atoms with van der Waals surface area (Å²) in [5, 5.41) is 21.1. The standard InChI is InChI=1S/C23H19N3O2S/c1-3-18-17-12-20(21(27)16-9-4-5-10-19(16)28-2)29-23(17)26-22(25-18)15-8-6-7-14(11-15)13-24/h4-12,21,27H,3H2,1-2H3. The molecule has 0 saturated carbocycles. The molecule has 2 aromatic heterocycles. The van der Waals surface area contributed by atoms with Gasteiger partial charge in [0.15, 0.2) is 5.82 Å². The molecular formula is C23H19N3O2S. The predicted octanol–water partition coefficient (Wildman–Crippen LogP) is 4.88. The summed E-state index contributed by atoms with van der Waals surface area (Å²) in [6, 6.07) is 18.9. The minimum Gasteiger partial charge on any atom is -0.496 e. The molecule has 2 heterocycles. The number of benzene rings is 2. The molecule has 6 heteroatoms. The molecule has 0 radical (unpaired) electrons. The van der Waals surface area contributed by atoms with Gasteiger partial charge in [0.1, 0.15) is 16.7 Å². The van der Waals surface area contributed by atoms with E-state index in [1.54, 1.807) is 19.2 Å². The van der Waals surface area contributed by atoms with E-state index < -0.39 is 6.10 Å². The van der Waals surface area contributed by atoms with Crippen LogP contribution in [0, 0.1) is 11.3 Å². The maximum atomic E-state index is 11.0. The summed E-state index contributed by atoms with van der Waals surface area (Å²) in [5.74, 6) is 1.24. The summed E-state index contributed by atoms with van der Waals surface area (Å²) in [4.78, 5) is 11.1. The molecule has 1 unspecified atom stereocenters. The van der Waals surface area contributed by atoms with Crippen LogP contribution in [0.1, 0.15) is 34.7 Å². The van der Waals surface area contributed by atoms with E-state index >= 15 is 0 Å². The molecular weight excluding hydrogens is 382 g/mol. The number of aliphatic hydroxyl groups excluding tert-OH is 1. The smallest absolute Gasteiger partial charge is 0.161 e. The number of hydrogen-bond acceptors (Lipinski definition) is 6. The number of fused-ring (bicyclic) bond motifs is 1. The largest absolute Gasteiger partial charge is 0.496 e. The van der Waals surface area contributed by atoms with Crippen molar-refractivity contribution >= 4 is 21.6 Å². The fraction of sp³-hybridized carbons (Fsp3) is 0.174. The van der Waals surface area contributed by atoms with Crippen molar-refractivity contribution in [3.63, 3.8) is 0 Å². The normalized spacial score (nSPS) is 11.9. The molecule has 0 aliphatic carbocycles. The van der Waals surface area contributed by atoms with Crippen molar-refractivity contribution in [1.82, 2.24) is 9.97 Å². The lowest BCUT2D eigenvalue weighted by atomic mass is 10.1. The van der Waals surface area contributed by atoms with Crippen LogP contribution in [0.15, 0.2) is 54.6 Å². The van der Waals surface area contributed by atoms with Crippen molar-refractivity contribution in [3.8, 4) is 23.2 Å². The number of rotatable bonds is 5. The number of aliphatic hydroxyl groups is 1. The fourth-order valence-corrected chi connectivity index (χ4v) is 4.36. The van der Waals surface area contributed by atoms with Gasteiger partial charge in [0.05, 0.1) is 24.4 Å². The summed E-state index contributed by atoms with van der Waals surface area (Å²) in [6.45, 7) is 2.05. The summed E-state index contributed by atoms with van der Waals surface area (Å²) in [5.41, 5.74) is 3.01. The number of hydrogen-bond donors (Lipinski definition) is 1. The molecule has 0 fully saturated rings. The molecule has 1 atom stereocenters. The lowest BCUT2D eigenvalue weighted by molar-refractivity contribution is 0.218. The minimum atomic E-state index is -0.805. The third-order valence-corrected chi connectivity index (χ3v) is 5.86. The summed E-state index contributed by atoms with van der Waals surface area (Å²) >= 11 is 1.45. The number of methoxy groups -OCH3 is 1. The van der Waals surface area contributed by atoms with E-state index in [1.807, 2.05) is 49.4 Å². The maximum Gasteiger partial charge on any atom is 0.161 e. The van der Waals surface area contributed by atoms with Gasteiger partial charge in [0, 0.05) is 21.4 Å². The fourth-order valence-electron chi connectivity index (χ4n) is 3.31. The number of ether oxygens (including phenoxy) is 1. The summed E-state index contributed by atoms with van der Waals surface area (Å²) < 4.78 is 5.40. The van der Waals surface area contributed by atoms with Crippen LogP contribution in [0.2, 0.25) is 0 Å². The zero-order valence-corrected chi connectivity index (χ0v) is 16.9. The van der Waals surface area contributed by atoms with Gasteiger partial charge in [-0.15, -0.1) is 11.3 Å². The Morgan fingerprint density at radius 2 is 1.97 bits per heavy atom. The molecule has 2 aromatic carbocycles. The van der Waals surface area contributed by atoms with Gasteiger partial charge in [0.25, 0.3) is 0 Å². The number of thiophene rings is 1. The summed E-state index contributed by atoms with van der Waals surface area (Å²) in [7, 11) is 1.60. The molecule has 0 aliphatic heterocycles. The van der Waals surface area contributed by atoms with Crippen molar-refractivity contribution < 1.29 is 9.84 Å². The molecule has 144 valence electrons. The number of nitrogens with zero attached hydrogens (tertiary/aromatic N) is 3. The second-order valence-electron chi connectivity index (χ2n) is 6.55. The zero-order chi connectivity index (χ0) is 20.4. The van der Waals surface area contributed by atoms with E-state index in [4.69, 9.17) is 14.7 Å². The van der Waals surface area contributed by atoms with Crippen molar-refractivity contribution in [3.05, 3.63) is 76.3 Å². The second kappa shape index (κ2) is 8.00. The van der Waals surface area contributed by atoms with E-state index in [0.29, 0.717) is 17.1 Å². The second-order valence-corrected chi connectivity index (χ2v) is 7.61. The van der Waals surface area contributed by atoms with Crippen molar-refractivity contribution in [2.75, 3.05) is 7.11 Å². The van der Waals surface area contributed by atoms with Crippen LogP contribution in [-0.2, 0) is 6.42 Å². The van der Waals surface area contributed by atoms with Crippen LogP contribution in [0.25, 0.3) is 21.6 Å². The quantitative estimate of drug-likeness (QED) is 0.515. The first-order valence-corrected chi connectivity index (χ1v) is 10.1. The first kappa shape index (κ1) is 19.1. The molecule has 29 heavy (non-hydrogen) atoms. The Hall–Kier alpha value is -3.27. The molecule has 1 N–H and O–H groups in total. The zero-order valence-electron chi connectivity index (χ0n) is 16.1. The van der Waals surface area contributed by atoms with Crippen LogP contribution in [0.5, 0.6) is 5.75 Å².